The van der Waals surface area contributed by atoms with Crippen LogP contribution in [0.25, 0.3) is 0 Å². The van der Waals surface area contributed by atoms with Crippen molar-refractivity contribution in [3.05, 3.63) is 11.9 Å². The minimum absolute atomic E-state index is 0.630. The van der Waals surface area contributed by atoms with E-state index in [1.807, 2.05) is 19.9 Å². The van der Waals surface area contributed by atoms with Gasteiger partial charge in [0.25, 0.3) is 0 Å². The Morgan fingerprint density at radius 2 is 2.33 bits per heavy atom. The minimum Gasteiger partial charge on any atom is -0.478 e. The molecule has 0 spiro atoms. The second-order valence-corrected chi connectivity index (χ2v) is 5.00. The van der Waals surface area contributed by atoms with Crippen molar-refractivity contribution in [3.63, 3.8) is 0 Å². The molecule has 0 radical (unpaired) electrons. The molecule has 1 aliphatic rings. The molecular weight excluding hydrogens is 250 g/mol. The molecule has 0 N–H and O–H groups in total. The number of hydrogen-bond acceptors (Lipinski definition) is 4. The number of hydrogen-bond donors (Lipinski definition) is 0. The lowest BCUT2D eigenvalue weighted by Gasteiger charge is -2.18. The average molecular weight is 270 g/mol. The number of halogens is 1. The second kappa shape index (κ2) is 6.23. The van der Waals surface area contributed by atoms with Crippen molar-refractivity contribution in [2.45, 2.75) is 26.7 Å². The van der Waals surface area contributed by atoms with E-state index in [4.69, 9.17) is 16.3 Å². The third-order valence-corrected chi connectivity index (χ3v) is 3.44. The van der Waals surface area contributed by atoms with E-state index in [9.17, 15) is 0 Å². The number of nitrogens with zero attached hydrogens (tertiary/aromatic N) is 3. The molecule has 1 saturated heterocycles. The summed E-state index contributed by atoms with van der Waals surface area (Å²) in [5, 5.41) is 0. The lowest BCUT2D eigenvalue weighted by molar-refractivity contribution is 0.325. The Hall–Kier alpha value is -1.03. The van der Waals surface area contributed by atoms with Crippen LogP contribution in [-0.2, 0) is 0 Å². The summed E-state index contributed by atoms with van der Waals surface area (Å²) in [6.07, 6.45) is 2.28. The van der Waals surface area contributed by atoms with Crippen molar-refractivity contribution in [3.8, 4) is 5.88 Å². The molecule has 1 fully saturated rings. The summed E-state index contributed by atoms with van der Waals surface area (Å²) in [7, 11) is 0. The molecule has 1 atom stereocenters. The largest absolute Gasteiger partial charge is 0.478 e. The zero-order valence-corrected chi connectivity index (χ0v) is 11.8. The predicted molar refractivity (Wildman–Crippen MR) is 73.6 cm³/mol. The summed E-state index contributed by atoms with van der Waals surface area (Å²) >= 11 is 5.80. The van der Waals surface area contributed by atoms with Gasteiger partial charge in [-0.1, -0.05) is 0 Å². The van der Waals surface area contributed by atoms with E-state index in [2.05, 4.69) is 14.9 Å². The first kappa shape index (κ1) is 13.4. The Morgan fingerprint density at radius 3 is 3.06 bits per heavy atom. The Labute approximate surface area is 113 Å². The van der Waals surface area contributed by atoms with Crippen molar-refractivity contribution in [2.24, 2.45) is 5.92 Å². The number of ether oxygens (including phenoxy) is 1. The molecular formula is C13H20ClN3O. The number of alkyl halides is 1. The predicted octanol–water partition coefficient (Wildman–Crippen LogP) is 2.64. The van der Waals surface area contributed by atoms with Crippen LogP contribution >= 0.6 is 11.6 Å². The smallest absolute Gasteiger partial charge is 0.218 e. The van der Waals surface area contributed by atoms with Crippen LogP contribution in [0.2, 0.25) is 0 Å². The van der Waals surface area contributed by atoms with Gasteiger partial charge < -0.3 is 9.64 Å². The second-order valence-electron chi connectivity index (χ2n) is 4.62. The Kier molecular flexibility index (Phi) is 4.64. The number of rotatable bonds is 5. The van der Waals surface area contributed by atoms with Crippen LogP contribution in [0, 0.1) is 12.8 Å². The number of anilines is 1. The first-order valence-corrected chi connectivity index (χ1v) is 7.05. The SMILES string of the molecule is CCOc1cc(N2CCC(CCCl)C2)nc(C)n1. The maximum absolute atomic E-state index is 5.80. The van der Waals surface area contributed by atoms with E-state index in [1.165, 1.54) is 6.42 Å². The summed E-state index contributed by atoms with van der Waals surface area (Å²) in [5.74, 6) is 3.83. The van der Waals surface area contributed by atoms with E-state index >= 15 is 0 Å². The quantitative estimate of drug-likeness (QED) is 0.771. The van der Waals surface area contributed by atoms with E-state index in [0.717, 1.165) is 37.0 Å². The molecule has 1 aliphatic heterocycles. The van der Waals surface area contributed by atoms with Gasteiger partial charge in [-0.2, -0.15) is 4.98 Å². The van der Waals surface area contributed by atoms with Crippen molar-refractivity contribution >= 4 is 17.4 Å². The van der Waals surface area contributed by atoms with Gasteiger partial charge in [0, 0.05) is 25.0 Å². The van der Waals surface area contributed by atoms with Crippen LogP contribution in [-0.4, -0.2) is 35.5 Å². The van der Waals surface area contributed by atoms with Crippen molar-refractivity contribution in [2.75, 3.05) is 30.5 Å². The first-order chi connectivity index (χ1) is 8.72. The zero-order chi connectivity index (χ0) is 13.0. The van der Waals surface area contributed by atoms with E-state index < -0.39 is 0 Å². The zero-order valence-electron chi connectivity index (χ0n) is 11.0. The van der Waals surface area contributed by atoms with Gasteiger partial charge >= 0.3 is 0 Å². The summed E-state index contributed by atoms with van der Waals surface area (Å²) in [5.41, 5.74) is 0. The Bertz CT molecular complexity index is 400. The molecule has 0 amide bonds. The fraction of sp³-hybridized carbons (Fsp3) is 0.692. The molecule has 0 aliphatic carbocycles. The molecule has 4 nitrogen and oxygen atoms in total. The van der Waals surface area contributed by atoms with Gasteiger partial charge in [-0.25, -0.2) is 4.98 Å². The van der Waals surface area contributed by atoms with Crippen molar-refractivity contribution < 1.29 is 4.74 Å². The summed E-state index contributed by atoms with van der Waals surface area (Å²) < 4.78 is 5.46. The molecule has 1 aromatic heterocycles. The van der Waals surface area contributed by atoms with Gasteiger partial charge in [0.1, 0.15) is 11.6 Å². The highest BCUT2D eigenvalue weighted by Gasteiger charge is 2.23. The van der Waals surface area contributed by atoms with E-state index in [0.29, 0.717) is 18.4 Å². The lowest BCUT2D eigenvalue weighted by atomic mass is 10.1. The topological polar surface area (TPSA) is 38.2 Å². The first-order valence-electron chi connectivity index (χ1n) is 6.52. The highest BCUT2D eigenvalue weighted by molar-refractivity contribution is 6.17. The number of aromatic nitrogens is 2. The molecule has 1 unspecified atom stereocenters. The molecule has 5 heteroatoms. The number of aryl methyl sites for hydroxylation is 1. The monoisotopic (exact) mass is 269 g/mol. The van der Waals surface area contributed by atoms with Crippen LogP contribution in [0.1, 0.15) is 25.6 Å². The van der Waals surface area contributed by atoms with Gasteiger partial charge in [-0.05, 0) is 32.6 Å². The molecule has 0 saturated carbocycles. The Morgan fingerprint density at radius 1 is 1.50 bits per heavy atom. The van der Waals surface area contributed by atoms with Crippen molar-refractivity contribution in [1.82, 2.24) is 9.97 Å². The van der Waals surface area contributed by atoms with E-state index in [-0.39, 0.29) is 0 Å². The van der Waals surface area contributed by atoms with Crippen LogP contribution in [0.5, 0.6) is 5.88 Å². The fourth-order valence-electron chi connectivity index (χ4n) is 2.34. The normalized spacial score (nSPS) is 19.3. The minimum atomic E-state index is 0.630. The molecule has 2 rings (SSSR count). The van der Waals surface area contributed by atoms with Crippen molar-refractivity contribution in [1.29, 1.82) is 0 Å². The van der Waals surface area contributed by atoms with Gasteiger partial charge in [0.05, 0.1) is 6.61 Å². The summed E-state index contributed by atoms with van der Waals surface area (Å²) in [6, 6.07) is 1.93. The molecule has 18 heavy (non-hydrogen) atoms. The highest BCUT2D eigenvalue weighted by Crippen LogP contribution is 2.26. The maximum atomic E-state index is 5.80. The lowest BCUT2D eigenvalue weighted by Crippen LogP contribution is -2.21. The maximum Gasteiger partial charge on any atom is 0.218 e. The third-order valence-electron chi connectivity index (χ3n) is 3.22. The fourth-order valence-corrected chi connectivity index (χ4v) is 2.65. The van der Waals surface area contributed by atoms with Gasteiger partial charge in [-0.3, -0.25) is 0 Å². The molecule has 100 valence electrons. The van der Waals surface area contributed by atoms with Crippen LogP contribution < -0.4 is 9.64 Å². The summed E-state index contributed by atoms with van der Waals surface area (Å²) in [4.78, 5) is 11.1. The summed E-state index contributed by atoms with van der Waals surface area (Å²) in [6.45, 7) is 6.57. The standard InChI is InChI=1S/C13H20ClN3O/c1-3-18-13-8-12(15-10(2)16-13)17-7-5-11(9-17)4-6-14/h8,11H,3-7,9H2,1-2H3. The third kappa shape index (κ3) is 3.25. The van der Waals surface area contributed by atoms with Crippen LogP contribution in [0.3, 0.4) is 0 Å². The Balaban J connectivity index is 2.08. The molecule has 0 bridgehead atoms. The van der Waals surface area contributed by atoms with Gasteiger partial charge in [-0.15, -0.1) is 11.6 Å². The molecule has 1 aromatic rings. The van der Waals surface area contributed by atoms with Gasteiger partial charge in [0.2, 0.25) is 5.88 Å². The highest BCUT2D eigenvalue weighted by atomic mass is 35.5. The molecule has 0 aromatic carbocycles. The van der Waals surface area contributed by atoms with E-state index in [1.54, 1.807) is 0 Å². The average Bonchev–Trinajstić information content (AvgIpc) is 2.78. The van der Waals surface area contributed by atoms with Crippen LogP contribution in [0.4, 0.5) is 5.82 Å². The van der Waals surface area contributed by atoms with Crippen LogP contribution in [0.15, 0.2) is 6.07 Å². The molecule has 2 heterocycles. The van der Waals surface area contributed by atoms with Gasteiger partial charge in [0.15, 0.2) is 0 Å².